The minimum absolute atomic E-state index is 0.320. The van der Waals surface area contributed by atoms with Crippen LogP contribution >= 0.6 is 0 Å². The molecule has 0 bridgehead atoms. The molecular weight excluding hydrogens is 396 g/mol. The molecule has 7 heteroatoms. The van der Waals surface area contributed by atoms with Crippen molar-refractivity contribution in [3.63, 3.8) is 0 Å². The highest BCUT2D eigenvalue weighted by Crippen LogP contribution is 2.19. The van der Waals surface area contributed by atoms with E-state index in [-0.39, 0.29) is 5.91 Å². The molecule has 1 atom stereocenters. The van der Waals surface area contributed by atoms with Crippen molar-refractivity contribution in [3.8, 4) is 5.75 Å². The zero-order valence-electron chi connectivity index (χ0n) is 18.3. The van der Waals surface area contributed by atoms with E-state index < -0.39 is 12.1 Å². The zero-order valence-corrected chi connectivity index (χ0v) is 18.3. The third-order valence-electron chi connectivity index (χ3n) is 4.96. The van der Waals surface area contributed by atoms with E-state index in [1.807, 2.05) is 45.9 Å². The molecule has 3 aromatic rings. The van der Waals surface area contributed by atoms with Crippen LogP contribution < -0.4 is 10.1 Å². The second kappa shape index (κ2) is 9.47. The Morgan fingerprint density at radius 3 is 2.42 bits per heavy atom. The Morgan fingerprint density at radius 2 is 1.77 bits per heavy atom. The Hall–Kier alpha value is -3.61. The van der Waals surface area contributed by atoms with Gasteiger partial charge in [-0.2, -0.15) is 0 Å². The number of anilines is 1. The van der Waals surface area contributed by atoms with Gasteiger partial charge in [0.05, 0.1) is 16.8 Å². The molecule has 31 heavy (non-hydrogen) atoms. The average Bonchev–Trinajstić information content (AvgIpc) is 3.06. The molecule has 0 aliphatic heterocycles. The van der Waals surface area contributed by atoms with Crippen molar-refractivity contribution in [2.75, 3.05) is 5.32 Å². The maximum Gasteiger partial charge on any atom is 0.338 e. The van der Waals surface area contributed by atoms with Gasteiger partial charge < -0.3 is 19.3 Å². The fraction of sp³-hybridized carbons (Fsp3) is 0.292. The lowest BCUT2D eigenvalue weighted by atomic mass is 10.1. The van der Waals surface area contributed by atoms with E-state index in [1.165, 1.54) is 0 Å². The minimum atomic E-state index is -0.942. The molecule has 3 rings (SSSR count). The monoisotopic (exact) mass is 422 g/mol. The summed E-state index contributed by atoms with van der Waals surface area (Å²) in [5.74, 6) is 0.338. The Bertz CT molecular complexity index is 1070. The molecular formula is C24H26N2O5. The summed E-state index contributed by atoms with van der Waals surface area (Å²) in [4.78, 5) is 24.8. The Kier molecular flexibility index (Phi) is 6.74. The van der Waals surface area contributed by atoms with Crippen LogP contribution in [0.5, 0.6) is 5.75 Å². The molecule has 7 nitrogen and oxygen atoms in total. The van der Waals surface area contributed by atoms with E-state index in [0.29, 0.717) is 29.4 Å². The molecule has 0 aliphatic carbocycles. The molecule has 162 valence electrons. The van der Waals surface area contributed by atoms with Crippen LogP contribution in [0.25, 0.3) is 0 Å². The van der Waals surface area contributed by atoms with Crippen molar-refractivity contribution in [1.29, 1.82) is 0 Å². The summed E-state index contributed by atoms with van der Waals surface area (Å²) in [5, 5.41) is 6.70. The smallest absolute Gasteiger partial charge is 0.338 e. The maximum absolute atomic E-state index is 12.4. The highest BCUT2D eigenvalue weighted by molar-refractivity contribution is 5.97. The van der Waals surface area contributed by atoms with Crippen LogP contribution in [0.3, 0.4) is 0 Å². The van der Waals surface area contributed by atoms with E-state index >= 15 is 0 Å². The van der Waals surface area contributed by atoms with Crippen molar-refractivity contribution in [3.05, 3.63) is 76.2 Å². The van der Waals surface area contributed by atoms with Gasteiger partial charge >= 0.3 is 5.97 Å². The number of carbonyl (C=O) groups is 2. The first-order valence-electron chi connectivity index (χ1n) is 9.98. The van der Waals surface area contributed by atoms with Gasteiger partial charge in [-0.05, 0) is 76.1 Å². The number of nitrogens with zero attached hydrogens (tertiary/aromatic N) is 1. The first kappa shape index (κ1) is 22.1. The van der Waals surface area contributed by atoms with E-state index in [9.17, 15) is 9.59 Å². The number of hydrogen-bond donors (Lipinski definition) is 1. The number of esters is 1. The highest BCUT2D eigenvalue weighted by Gasteiger charge is 2.20. The zero-order chi connectivity index (χ0) is 22.5. The lowest BCUT2D eigenvalue weighted by Gasteiger charge is -2.15. The Morgan fingerprint density at radius 1 is 1.06 bits per heavy atom. The number of rotatable bonds is 7. The van der Waals surface area contributed by atoms with Gasteiger partial charge in [-0.25, -0.2) is 4.79 Å². The summed E-state index contributed by atoms with van der Waals surface area (Å²) < 4.78 is 16.2. The van der Waals surface area contributed by atoms with Crippen molar-refractivity contribution < 1.29 is 23.6 Å². The summed E-state index contributed by atoms with van der Waals surface area (Å²) in [6, 6.07) is 12.3. The number of benzene rings is 2. The molecule has 0 aliphatic rings. The predicted molar refractivity (Wildman–Crippen MR) is 116 cm³/mol. The summed E-state index contributed by atoms with van der Waals surface area (Å²) in [5.41, 5.74) is 4.67. The molecule has 0 saturated carbocycles. The van der Waals surface area contributed by atoms with E-state index in [4.69, 9.17) is 14.0 Å². The minimum Gasteiger partial charge on any atom is -0.489 e. The molecule has 0 saturated heterocycles. The van der Waals surface area contributed by atoms with Gasteiger partial charge in [0, 0.05) is 5.69 Å². The molecule has 2 aromatic carbocycles. The van der Waals surface area contributed by atoms with Crippen LogP contribution in [0.4, 0.5) is 5.69 Å². The summed E-state index contributed by atoms with van der Waals surface area (Å²) in [6.07, 6.45) is -0.942. The van der Waals surface area contributed by atoms with Crippen LogP contribution in [-0.2, 0) is 16.1 Å². The molecule has 1 heterocycles. The van der Waals surface area contributed by atoms with Gasteiger partial charge in [0.1, 0.15) is 18.1 Å². The quantitative estimate of drug-likeness (QED) is 0.557. The van der Waals surface area contributed by atoms with Crippen molar-refractivity contribution in [2.24, 2.45) is 0 Å². The van der Waals surface area contributed by atoms with Crippen molar-refractivity contribution in [1.82, 2.24) is 5.16 Å². The van der Waals surface area contributed by atoms with Crippen LogP contribution in [0.2, 0.25) is 0 Å². The first-order chi connectivity index (χ1) is 14.7. The number of aromatic nitrogens is 1. The molecule has 1 aromatic heterocycles. The Balaban J connectivity index is 1.56. The third kappa shape index (κ3) is 5.51. The summed E-state index contributed by atoms with van der Waals surface area (Å²) >= 11 is 0. The molecule has 0 unspecified atom stereocenters. The van der Waals surface area contributed by atoms with Gasteiger partial charge in [0.2, 0.25) is 0 Å². The molecule has 1 N–H and O–H groups in total. The van der Waals surface area contributed by atoms with Gasteiger partial charge in [0.25, 0.3) is 5.91 Å². The Labute approximate surface area is 181 Å². The van der Waals surface area contributed by atoms with Crippen LogP contribution in [0.1, 0.15) is 45.4 Å². The van der Waals surface area contributed by atoms with E-state index in [1.54, 1.807) is 31.2 Å². The third-order valence-corrected chi connectivity index (χ3v) is 4.96. The number of amides is 1. The van der Waals surface area contributed by atoms with Gasteiger partial charge in [0.15, 0.2) is 6.10 Å². The molecule has 0 fully saturated rings. The molecule has 0 radical (unpaired) electrons. The predicted octanol–water partition coefficient (Wildman–Crippen LogP) is 4.67. The maximum atomic E-state index is 12.4. The average molecular weight is 422 g/mol. The number of carbonyl (C=O) groups excluding carboxylic acids is 2. The number of ether oxygens (including phenoxy) is 2. The van der Waals surface area contributed by atoms with Crippen molar-refractivity contribution >= 4 is 17.6 Å². The largest absolute Gasteiger partial charge is 0.489 e. The van der Waals surface area contributed by atoms with Crippen LogP contribution in [-0.4, -0.2) is 23.1 Å². The highest BCUT2D eigenvalue weighted by atomic mass is 16.5. The molecule has 0 spiro atoms. The second-order valence-electron chi connectivity index (χ2n) is 7.47. The van der Waals surface area contributed by atoms with Gasteiger partial charge in [-0.1, -0.05) is 17.3 Å². The molecule has 1 amide bonds. The lowest BCUT2D eigenvalue weighted by Crippen LogP contribution is -2.30. The topological polar surface area (TPSA) is 90.7 Å². The van der Waals surface area contributed by atoms with Gasteiger partial charge in [-0.15, -0.1) is 0 Å². The lowest BCUT2D eigenvalue weighted by molar-refractivity contribution is -0.123. The van der Waals surface area contributed by atoms with Gasteiger partial charge in [-0.3, -0.25) is 4.79 Å². The number of nitrogens with one attached hydrogen (secondary N) is 1. The SMILES string of the molecule is Cc1ccc(C)c(NC(=O)[C@@H](C)OC(=O)c2ccc(OCc3c(C)noc3C)cc2)c1. The van der Waals surface area contributed by atoms with Crippen LogP contribution in [0.15, 0.2) is 47.0 Å². The second-order valence-corrected chi connectivity index (χ2v) is 7.47. The normalized spacial score (nSPS) is 11.6. The summed E-state index contributed by atoms with van der Waals surface area (Å²) in [6.45, 7) is 9.39. The van der Waals surface area contributed by atoms with Crippen molar-refractivity contribution in [2.45, 2.75) is 47.3 Å². The number of aryl methyl sites for hydroxylation is 4. The van der Waals surface area contributed by atoms with E-state index in [0.717, 1.165) is 22.4 Å². The van der Waals surface area contributed by atoms with E-state index in [2.05, 4.69) is 10.5 Å². The summed E-state index contributed by atoms with van der Waals surface area (Å²) in [7, 11) is 0. The fourth-order valence-corrected chi connectivity index (χ4v) is 2.94. The number of hydrogen-bond acceptors (Lipinski definition) is 6. The fourth-order valence-electron chi connectivity index (χ4n) is 2.94. The first-order valence-corrected chi connectivity index (χ1v) is 9.98. The standard InChI is InChI=1S/C24H26N2O5/c1-14-6-7-15(2)22(12-14)25-23(27)18(5)30-24(28)19-8-10-20(11-9-19)29-13-21-16(3)26-31-17(21)4/h6-12,18H,13H2,1-5H3,(H,25,27)/t18-/m1/s1. The van der Waals surface area contributed by atoms with Crippen LogP contribution in [0, 0.1) is 27.7 Å².